The molecule has 6 nitrogen and oxygen atoms in total. The highest BCUT2D eigenvalue weighted by molar-refractivity contribution is 5.85. The SMILES string of the molecule is COc1ccc2cc(CN(C)C(=O)COC(=O)COc3cc(C)cc(C)c3)ccc2c1. The van der Waals surface area contributed by atoms with Crippen molar-refractivity contribution in [2.75, 3.05) is 27.4 Å². The van der Waals surface area contributed by atoms with Crippen molar-refractivity contribution in [2.24, 2.45) is 0 Å². The summed E-state index contributed by atoms with van der Waals surface area (Å²) in [6, 6.07) is 17.6. The highest BCUT2D eigenvalue weighted by Crippen LogP contribution is 2.22. The Labute approximate surface area is 182 Å². The number of amides is 1. The fourth-order valence-corrected chi connectivity index (χ4v) is 3.31. The second kappa shape index (κ2) is 9.98. The van der Waals surface area contributed by atoms with Gasteiger partial charge in [0.2, 0.25) is 0 Å². The molecule has 3 aromatic rings. The van der Waals surface area contributed by atoms with E-state index in [-0.39, 0.29) is 19.1 Å². The summed E-state index contributed by atoms with van der Waals surface area (Å²) in [4.78, 5) is 25.8. The predicted molar refractivity (Wildman–Crippen MR) is 119 cm³/mol. The number of ether oxygens (including phenoxy) is 3. The number of nitrogens with zero attached hydrogens (tertiary/aromatic N) is 1. The zero-order valence-corrected chi connectivity index (χ0v) is 18.3. The Kier molecular flexibility index (Phi) is 7.13. The Morgan fingerprint density at radius 1 is 0.839 bits per heavy atom. The Balaban J connectivity index is 1.48. The number of carbonyl (C=O) groups excluding carboxylic acids is 2. The van der Waals surface area contributed by atoms with Crippen LogP contribution in [0, 0.1) is 13.8 Å². The normalized spacial score (nSPS) is 10.6. The summed E-state index contributed by atoms with van der Waals surface area (Å²) in [5.74, 6) is 0.540. The van der Waals surface area contributed by atoms with Crippen LogP contribution in [0.3, 0.4) is 0 Å². The van der Waals surface area contributed by atoms with Gasteiger partial charge in [0.05, 0.1) is 7.11 Å². The third-order valence-electron chi connectivity index (χ3n) is 4.87. The summed E-state index contributed by atoms with van der Waals surface area (Å²) in [6.45, 7) is 3.76. The van der Waals surface area contributed by atoms with Crippen LogP contribution in [0.1, 0.15) is 16.7 Å². The summed E-state index contributed by atoms with van der Waals surface area (Å²) in [6.07, 6.45) is 0. The van der Waals surface area contributed by atoms with Gasteiger partial charge >= 0.3 is 5.97 Å². The van der Waals surface area contributed by atoms with Crippen LogP contribution in [-0.2, 0) is 20.9 Å². The van der Waals surface area contributed by atoms with Gasteiger partial charge in [0.25, 0.3) is 5.91 Å². The lowest BCUT2D eigenvalue weighted by molar-refractivity contribution is -0.153. The Morgan fingerprint density at radius 3 is 2.23 bits per heavy atom. The van der Waals surface area contributed by atoms with Crippen LogP contribution in [0.5, 0.6) is 11.5 Å². The molecule has 0 aliphatic rings. The van der Waals surface area contributed by atoms with Crippen LogP contribution in [0.25, 0.3) is 10.8 Å². The van der Waals surface area contributed by atoms with Crippen LogP contribution >= 0.6 is 0 Å². The molecule has 162 valence electrons. The molecule has 6 heteroatoms. The molecular formula is C25H27NO5. The minimum atomic E-state index is -0.583. The van der Waals surface area contributed by atoms with Gasteiger partial charge in [-0.3, -0.25) is 4.79 Å². The van der Waals surface area contributed by atoms with E-state index in [1.807, 2.05) is 68.4 Å². The van der Waals surface area contributed by atoms with Crippen molar-refractivity contribution < 1.29 is 23.8 Å². The fraction of sp³-hybridized carbons (Fsp3) is 0.280. The van der Waals surface area contributed by atoms with Gasteiger partial charge in [0.15, 0.2) is 13.2 Å². The van der Waals surface area contributed by atoms with E-state index in [2.05, 4.69) is 0 Å². The molecule has 1 amide bonds. The third kappa shape index (κ3) is 6.22. The second-order valence-electron chi connectivity index (χ2n) is 7.57. The molecule has 0 saturated carbocycles. The summed E-state index contributed by atoms with van der Waals surface area (Å²) < 4.78 is 15.8. The third-order valence-corrected chi connectivity index (χ3v) is 4.87. The maximum atomic E-state index is 12.4. The first-order valence-corrected chi connectivity index (χ1v) is 10.0. The molecule has 3 rings (SSSR count). The molecule has 0 saturated heterocycles. The van der Waals surface area contributed by atoms with Crippen LogP contribution in [0.4, 0.5) is 0 Å². The monoisotopic (exact) mass is 421 g/mol. The molecular weight excluding hydrogens is 394 g/mol. The number of carbonyl (C=O) groups is 2. The van der Waals surface area contributed by atoms with Gasteiger partial charge in [-0.1, -0.05) is 24.3 Å². The topological polar surface area (TPSA) is 65.1 Å². The van der Waals surface area contributed by atoms with E-state index in [0.29, 0.717) is 12.3 Å². The first-order valence-electron chi connectivity index (χ1n) is 10.0. The molecule has 0 fully saturated rings. The standard InChI is InChI=1S/C25H27NO5/c1-17-9-18(2)11-23(10-17)30-16-25(28)31-15-24(27)26(3)14-19-5-6-21-13-22(29-4)8-7-20(21)12-19/h5-13H,14-16H2,1-4H3. The summed E-state index contributed by atoms with van der Waals surface area (Å²) in [7, 11) is 3.32. The summed E-state index contributed by atoms with van der Waals surface area (Å²) in [5.41, 5.74) is 3.08. The number of methoxy groups -OCH3 is 1. The average molecular weight is 421 g/mol. The Morgan fingerprint density at radius 2 is 1.52 bits per heavy atom. The van der Waals surface area contributed by atoms with E-state index in [0.717, 1.165) is 33.2 Å². The van der Waals surface area contributed by atoms with Gasteiger partial charge in [-0.05, 0) is 71.6 Å². The van der Waals surface area contributed by atoms with E-state index in [4.69, 9.17) is 14.2 Å². The van der Waals surface area contributed by atoms with Crippen molar-refractivity contribution in [3.05, 3.63) is 71.3 Å². The van der Waals surface area contributed by atoms with Gasteiger partial charge in [-0.2, -0.15) is 0 Å². The van der Waals surface area contributed by atoms with E-state index in [9.17, 15) is 9.59 Å². The van der Waals surface area contributed by atoms with E-state index >= 15 is 0 Å². The lowest BCUT2D eigenvalue weighted by Crippen LogP contribution is -2.31. The quantitative estimate of drug-likeness (QED) is 0.514. The molecule has 0 radical (unpaired) electrons. The summed E-state index contributed by atoms with van der Waals surface area (Å²) in [5, 5.41) is 2.13. The largest absolute Gasteiger partial charge is 0.497 e. The summed E-state index contributed by atoms with van der Waals surface area (Å²) >= 11 is 0. The lowest BCUT2D eigenvalue weighted by atomic mass is 10.1. The van der Waals surface area contributed by atoms with Crippen molar-refractivity contribution >= 4 is 22.6 Å². The van der Waals surface area contributed by atoms with Crippen molar-refractivity contribution in [1.82, 2.24) is 4.90 Å². The molecule has 0 spiro atoms. The highest BCUT2D eigenvalue weighted by atomic mass is 16.6. The number of likely N-dealkylation sites (N-methyl/N-ethyl adjacent to an activating group) is 1. The molecule has 0 bridgehead atoms. The molecule has 0 aliphatic heterocycles. The van der Waals surface area contributed by atoms with E-state index in [1.165, 1.54) is 4.90 Å². The zero-order chi connectivity index (χ0) is 22.4. The number of fused-ring (bicyclic) bond motifs is 1. The molecule has 31 heavy (non-hydrogen) atoms. The number of esters is 1. The molecule has 0 N–H and O–H groups in total. The van der Waals surface area contributed by atoms with Crippen molar-refractivity contribution in [1.29, 1.82) is 0 Å². The molecule has 0 atom stereocenters. The van der Waals surface area contributed by atoms with Crippen LogP contribution in [0.2, 0.25) is 0 Å². The number of benzene rings is 3. The van der Waals surface area contributed by atoms with Crippen molar-refractivity contribution in [3.63, 3.8) is 0 Å². The maximum Gasteiger partial charge on any atom is 0.344 e. The van der Waals surface area contributed by atoms with Crippen LogP contribution in [0.15, 0.2) is 54.6 Å². The fourth-order valence-electron chi connectivity index (χ4n) is 3.31. The van der Waals surface area contributed by atoms with Crippen LogP contribution < -0.4 is 9.47 Å². The molecule has 3 aromatic carbocycles. The average Bonchev–Trinajstić information content (AvgIpc) is 2.74. The predicted octanol–water partition coefficient (Wildman–Crippen LogP) is 4.05. The number of rotatable bonds is 8. The molecule has 0 aliphatic carbocycles. The number of hydrogen-bond donors (Lipinski definition) is 0. The second-order valence-corrected chi connectivity index (χ2v) is 7.57. The zero-order valence-electron chi connectivity index (χ0n) is 18.3. The first-order chi connectivity index (χ1) is 14.8. The smallest absolute Gasteiger partial charge is 0.344 e. The van der Waals surface area contributed by atoms with Crippen molar-refractivity contribution in [3.8, 4) is 11.5 Å². The Hall–Kier alpha value is -3.54. The van der Waals surface area contributed by atoms with Gasteiger partial charge in [-0.25, -0.2) is 4.79 Å². The Bertz CT molecular complexity index is 1070. The van der Waals surface area contributed by atoms with Gasteiger partial charge in [-0.15, -0.1) is 0 Å². The van der Waals surface area contributed by atoms with E-state index < -0.39 is 5.97 Å². The van der Waals surface area contributed by atoms with Gasteiger partial charge < -0.3 is 19.1 Å². The molecule has 0 aromatic heterocycles. The van der Waals surface area contributed by atoms with Crippen LogP contribution in [-0.4, -0.2) is 44.1 Å². The molecule has 0 unspecified atom stereocenters. The first kappa shape index (κ1) is 22.2. The number of aryl methyl sites for hydroxylation is 2. The minimum Gasteiger partial charge on any atom is -0.497 e. The van der Waals surface area contributed by atoms with Gasteiger partial charge in [0, 0.05) is 13.6 Å². The van der Waals surface area contributed by atoms with E-state index in [1.54, 1.807) is 14.2 Å². The maximum absolute atomic E-state index is 12.4. The molecule has 0 heterocycles. The number of hydrogen-bond acceptors (Lipinski definition) is 5. The highest BCUT2D eigenvalue weighted by Gasteiger charge is 2.13. The minimum absolute atomic E-state index is 0.242. The van der Waals surface area contributed by atoms with Crippen molar-refractivity contribution in [2.45, 2.75) is 20.4 Å². The van der Waals surface area contributed by atoms with Gasteiger partial charge in [0.1, 0.15) is 11.5 Å². The lowest BCUT2D eigenvalue weighted by Gasteiger charge is -2.18.